The standard InChI is InChI=1S/C25H35N3O3/c1-3-19-13-22(24(29)26-14-20-9-11-30-12-10-20)16-28(15-19)17-23-18(2)31-25(27-23)21-7-5-4-6-8-21/h4-8,19-20,22H,3,9-17H2,1-2H3,(H,26,29)/t19-,22+/m0/s1. The third-order valence-electron chi connectivity index (χ3n) is 6.75. The zero-order chi connectivity index (χ0) is 21.6. The molecule has 2 saturated heterocycles. The average molecular weight is 426 g/mol. The topological polar surface area (TPSA) is 67.6 Å². The van der Waals surface area contributed by atoms with Gasteiger partial charge in [-0.05, 0) is 50.2 Å². The van der Waals surface area contributed by atoms with Gasteiger partial charge < -0.3 is 14.5 Å². The molecule has 2 aliphatic heterocycles. The van der Waals surface area contributed by atoms with E-state index in [1.165, 1.54) is 0 Å². The molecule has 2 atom stereocenters. The summed E-state index contributed by atoms with van der Waals surface area (Å²) in [6.07, 6.45) is 4.15. The summed E-state index contributed by atoms with van der Waals surface area (Å²) in [5.74, 6) is 2.86. The van der Waals surface area contributed by atoms with E-state index in [1.54, 1.807) is 0 Å². The number of amides is 1. The average Bonchev–Trinajstić information content (AvgIpc) is 3.18. The highest BCUT2D eigenvalue weighted by atomic mass is 16.5. The van der Waals surface area contributed by atoms with E-state index in [0.29, 0.717) is 17.7 Å². The number of ether oxygens (including phenoxy) is 1. The molecule has 2 aliphatic rings. The van der Waals surface area contributed by atoms with Gasteiger partial charge in [-0.25, -0.2) is 4.98 Å². The number of rotatable bonds is 7. The molecule has 4 rings (SSSR count). The maximum atomic E-state index is 13.0. The molecule has 0 spiro atoms. The summed E-state index contributed by atoms with van der Waals surface area (Å²) in [7, 11) is 0. The Morgan fingerprint density at radius 3 is 2.68 bits per heavy atom. The summed E-state index contributed by atoms with van der Waals surface area (Å²) in [6, 6.07) is 10.0. The Hall–Kier alpha value is -2.18. The van der Waals surface area contributed by atoms with Gasteiger partial charge in [0, 0.05) is 45.0 Å². The van der Waals surface area contributed by atoms with Crippen molar-refractivity contribution in [2.75, 3.05) is 32.8 Å². The Morgan fingerprint density at radius 2 is 1.94 bits per heavy atom. The minimum absolute atomic E-state index is 0.0411. The van der Waals surface area contributed by atoms with E-state index < -0.39 is 0 Å². The van der Waals surface area contributed by atoms with Crippen molar-refractivity contribution in [1.29, 1.82) is 0 Å². The van der Waals surface area contributed by atoms with Crippen LogP contribution in [0.5, 0.6) is 0 Å². The van der Waals surface area contributed by atoms with Crippen LogP contribution in [0.3, 0.4) is 0 Å². The Balaban J connectivity index is 1.38. The van der Waals surface area contributed by atoms with Crippen LogP contribution in [0.4, 0.5) is 0 Å². The van der Waals surface area contributed by atoms with Gasteiger partial charge >= 0.3 is 0 Å². The van der Waals surface area contributed by atoms with Crippen molar-refractivity contribution in [2.24, 2.45) is 17.8 Å². The van der Waals surface area contributed by atoms with Crippen molar-refractivity contribution in [1.82, 2.24) is 15.2 Å². The maximum absolute atomic E-state index is 13.0. The molecule has 6 nitrogen and oxygen atoms in total. The molecule has 0 unspecified atom stereocenters. The van der Waals surface area contributed by atoms with Crippen LogP contribution < -0.4 is 5.32 Å². The van der Waals surface area contributed by atoms with E-state index in [-0.39, 0.29) is 11.8 Å². The minimum atomic E-state index is 0.0411. The number of carbonyl (C=O) groups excluding carboxylic acids is 1. The first-order valence-corrected chi connectivity index (χ1v) is 11.7. The summed E-state index contributed by atoms with van der Waals surface area (Å²) in [5.41, 5.74) is 1.96. The van der Waals surface area contributed by atoms with E-state index in [2.05, 4.69) is 17.1 Å². The Labute approximate surface area is 185 Å². The molecule has 6 heteroatoms. The molecule has 1 amide bonds. The van der Waals surface area contributed by atoms with Crippen molar-refractivity contribution in [3.05, 3.63) is 41.8 Å². The second-order valence-corrected chi connectivity index (χ2v) is 9.09. The number of benzene rings is 1. The largest absolute Gasteiger partial charge is 0.441 e. The number of aryl methyl sites for hydroxylation is 1. The monoisotopic (exact) mass is 425 g/mol. The molecular formula is C25H35N3O3. The minimum Gasteiger partial charge on any atom is -0.441 e. The smallest absolute Gasteiger partial charge is 0.226 e. The summed E-state index contributed by atoms with van der Waals surface area (Å²) in [5, 5.41) is 3.23. The van der Waals surface area contributed by atoms with Crippen LogP contribution in [0, 0.1) is 24.7 Å². The molecular weight excluding hydrogens is 390 g/mol. The molecule has 3 heterocycles. The van der Waals surface area contributed by atoms with Crippen LogP contribution in [-0.2, 0) is 16.1 Å². The van der Waals surface area contributed by atoms with Crippen LogP contribution in [0.2, 0.25) is 0 Å². The Bertz CT molecular complexity index is 845. The van der Waals surface area contributed by atoms with E-state index >= 15 is 0 Å². The fourth-order valence-corrected chi connectivity index (χ4v) is 4.75. The van der Waals surface area contributed by atoms with E-state index in [9.17, 15) is 4.79 Å². The molecule has 0 radical (unpaired) electrons. The summed E-state index contributed by atoms with van der Waals surface area (Å²) in [4.78, 5) is 20.1. The molecule has 1 aromatic carbocycles. The third-order valence-corrected chi connectivity index (χ3v) is 6.75. The van der Waals surface area contributed by atoms with Crippen LogP contribution in [-0.4, -0.2) is 48.6 Å². The molecule has 31 heavy (non-hydrogen) atoms. The number of aromatic nitrogens is 1. The second-order valence-electron chi connectivity index (χ2n) is 9.09. The highest BCUT2D eigenvalue weighted by molar-refractivity contribution is 5.79. The molecule has 2 fully saturated rings. The molecule has 0 bridgehead atoms. The van der Waals surface area contributed by atoms with Gasteiger partial charge in [-0.15, -0.1) is 0 Å². The summed E-state index contributed by atoms with van der Waals surface area (Å²) < 4.78 is 11.4. The highest BCUT2D eigenvalue weighted by Gasteiger charge is 2.32. The van der Waals surface area contributed by atoms with Crippen molar-refractivity contribution >= 4 is 5.91 Å². The summed E-state index contributed by atoms with van der Waals surface area (Å²) >= 11 is 0. The van der Waals surface area contributed by atoms with Crippen molar-refractivity contribution in [3.63, 3.8) is 0 Å². The lowest BCUT2D eigenvalue weighted by Gasteiger charge is -2.36. The lowest BCUT2D eigenvalue weighted by Crippen LogP contribution is -2.47. The highest BCUT2D eigenvalue weighted by Crippen LogP contribution is 2.28. The number of piperidine rings is 1. The molecule has 1 aromatic heterocycles. The van der Waals surface area contributed by atoms with E-state index in [1.807, 2.05) is 37.3 Å². The Kier molecular flexibility index (Phi) is 7.41. The lowest BCUT2D eigenvalue weighted by molar-refractivity contribution is -0.128. The predicted molar refractivity (Wildman–Crippen MR) is 120 cm³/mol. The number of hydrogen-bond donors (Lipinski definition) is 1. The number of oxazole rings is 1. The fourth-order valence-electron chi connectivity index (χ4n) is 4.75. The Morgan fingerprint density at radius 1 is 1.16 bits per heavy atom. The zero-order valence-electron chi connectivity index (χ0n) is 18.8. The number of nitrogens with one attached hydrogen (secondary N) is 1. The van der Waals surface area contributed by atoms with Gasteiger partial charge in [-0.2, -0.15) is 0 Å². The zero-order valence-corrected chi connectivity index (χ0v) is 18.8. The van der Waals surface area contributed by atoms with E-state index in [0.717, 1.165) is 82.1 Å². The number of likely N-dealkylation sites (tertiary alicyclic amines) is 1. The van der Waals surface area contributed by atoms with Gasteiger partial charge in [0.2, 0.25) is 11.8 Å². The first kappa shape index (κ1) is 22.0. The predicted octanol–water partition coefficient (Wildman–Crippen LogP) is 4.04. The SMILES string of the molecule is CC[C@H]1C[C@@H](C(=O)NCC2CCOCC2)CN(Cc2nc(-c3ccccc3)oc2C)C1. The molecule has 1 N–H and O–H groups in total. The van der Waals surface area contributed by atoms with Crippen molar-refractivity contribution < 1.29 is 13.9 Å². The molecule has 2 aromatic rings. The van der Waals surface area contributed by atoms with Crippen molar-refractivity contribution in [3.8, 4) is 11.5 Å². The second kappa shape index (κ2) is 10.4. The van der Waals surface area contributed by atoms with Gasteiger partial charge in [-0.1, -0.05) is 31.5 Å². The molecule has 0 aliphatic carbocycles. The maximum Gasteiger partial charge on any atom is 0.226 e. The number of hydrogen-bond acceptors (Lipinski definition) is 5. The van der Waals surface area contributed by atoms with Gasteiger partial charge in [0.1, 0.15) is 5.76 Å². The fraction of sp³-hybridized carbons (Fsp3) is 0.600. The van der Waals surface area contributed by atoms with Crippen LogP contribution in [0.25, 0.3) is 11.5 Å². The first-order valence-electron chi connectivity index (χ1n) is 11.7. The van der Waals surface area contributed by atoms with Gasteiger partial charge in [0.15, 0.2) is 0 Å². The normalized spacial score (nSPS) is 23.0. The van der Waals surface area contributed by atoms with Gasteiger partial charge in [0.05, 0.1) is 11.6 Å². The quantitative estimate of drug-likeness (QED) is 0.725. The van der Waals surface area contributed by atoms with Crippen molar-refractivity contribution in [2.45, 2.75) is 46.1 Å². The number of nitrogens with zero attached hydrogens (tertiary/aromatic N) is 2. The van der Waals surface area contributed by atoms with Gasteiger partial charge in [-0.3, -0.25) is 9.69 Å². The molecule has 168 valence electrons. The van der Waals surface area contributed by atoms with Gasteiger partial charge in [0.25, 0.3) is 0 Å². The van der Waals surface area contributed by atoms with Crippen LogP contribution in [0.1, 0.15) is 44.1 Å². The number of carbonyl (C=O) groups is 1. The van der Waals surface area contributed by atoms with E-state index in [4.69, 9.17) is 14.1 Å². The van der Waals surface area contributed by atoms with Crippen LogP contribution >= 0.6 is 0 Å². The molecule has 0 saturated carbocycles. The summed E-state index contributed by atoms with van der Waals surface area (Å²) in [6.45, 7) is 9.13. The lowest BCUT2D eigenvalue weighted by atomic mass is 9.86. The van der Waals surface area contributed by atoms with Crippen LogP contribution in [0.15, 0.2) is 34.7 Å². The third kappa shape index (κ3) is 5.74. The first-order chi connectivity index (χ1) is 15.1.